The first-order valence-electron chi connectivity index (χ1n) is 5.71. The van der Waals surface area contributed by atoms with E-state index in [0.29, 0.717) is 12.1 Å². The SMILES string of the molecule is O=S(=O)(NS(=O)(=O)C(F)(F)C(F)(F)S(=O)(=O)c1ccccc1)C(F)(F)F. The summed E-state index contributed by atoms with van der Waals surface area (Å²) in [6.45, 7) is 0. The summed E-state index contributed by atoms with van der Waals surface area (Å²) in [7, 11) is -20.9. The lowest BCUT2D eigenvalue weighted by molar-refractivity contribution is -0.0971. The molecule has 0 fully saturated rings. The molecule has 0 unspecified atom stereocenters. The minimum Gasteiger partial charge on any atom is -0.217 e. The molecule has 150 valence electrons. The fraction of sp³-hybridized carbons (Fsp3) is 0.333. The number of nitrogens with one attached hydrogen (secondary N) is 1. The van der Waals surface area contributed by atoms with E-state index in [0.717, 1.165) is 18.2 Å². The highest BCUT2D eigenvalue weighted by atomic mass is 32.3. The van der Waals surface area contributed by atoms with Gasteiger partial charge < -0.3 is 0 Å². The van der Waals surface area contributed by atoms with Crippen LogP contribution in [0, 0.1) is 0 Å². The molecule has 0 radical (unpaired) electrons. The standard InChI is InChI=1S/C9H6F7NO6S3/c10-7(11,24(18,19)6-4-2-1-3-5-6)8(12,13)25(20,21)17-26(22,23)9(14,15)16/h1-5,17H. The molecule has 0 amide bonds. The van der Waals surface area contributed by atoms with Crippen LogP contribution in [0.25, 0.3) is 0 Å². The summed E-state index contributed by atoms with van der Waals surface area (Å²) in [5.74, 6) is 0. The van der Waals surface area contributed by atoms with Gasteiger partial charge in [-0.05, 0) is 12.1 Å². The van der Waals surface area contributed by atoms with E-state index >= 15 is 0 Å². The van der Waals surface area contributed by atoms with Gasteiger partial charge in [-0.3, -0.25) is 0 Å². The van der Waals surface area contributed by atoms with Crippen LogP contribution in [0.15, 0.2) is 35.2 Å². The first-order valence-corrected chi connectivity index (χ1v) is 10.2. The highest BCUT2D eigenvalue weighted by Gasteiger charge is 2.74. The van der Waals surface area contributed by atoms with Crippen molar-refractivity contribution >= 4 is 29.9 Å². The highest BCUT2D eigenvalue weighted by Crippen LogP contribution is 2.45. The Morgan fingerprint density at radius 1 is 0.654 bits per heavy atom. The molecular weight excluding hydrogens is 447 g/mol. The Morgan fingerprint density at radius 2 is 1.08 bits per heavy atom. The second-order valence-corrected chi connectivity index (χ2v) is 10.0. The predicted molar refractivity (Wildman–Crippen MR) is 70.6 cm³/mol. The third kappa shape index (κ3) is 3.52. The van der Waals surface area contributed by atoms with Gasteiger partial charge in [0.1, 0.15) is 0 Å². The third-order valence-corrected chi connectivity index (χ3v) is 7.84. The number of rotatable bonds is 6. The van der Waals surface area contributed by atoms with Gasteiger partial charge in [0.05, 0.1) is 4.90 Å². The van der Waals surface area contributed by atoms with Crippen LogP contribution >= 0.6 is 0 Å². The van der Waals surface area contributed by atoms with Crippen molar-refractivity contribution in [2.45, 2.75) is 20.9 Å². The summed E-state index contributed by atoms with van der Waals surface area (Å²) < 4.78 is 157. The summed E-state index contributed by atoms with van der Waals surface area (Å²) in [4.78, 5) is -1.49. The van der Waals surface area contributed by atoms with Gasteiger partial charge in [0.2, 0.25) is 0 Å². The van der Waals surface area contributed by atoms with Gasteiger partial charge in [0, 0.05) is 0 Å². The summed E-state index contributed by atoms with van der Waals surface area (Å²) in [5, 5.41) is -13.3. The fourth-order valence-electron chi connectivity index (χ4n) is 1.30. The zero-order valence-corrected chi connectivity index (χ0v) is 14.2. The molecule has 0 aromatic heterocycles. The van der Waals surface area contributed by atoms with E-state index in [-0.39, 0.29) is 0 Å². The van der Waals surface area contributed by atoms with Crippen LogP contribution in [0.1, 0.15) is 0 Å². The number of alkyl halides is 7. The van der Waals surface area contributed by atoms with Crippen molar-refractivity contribution < 1.29 is 56.0 Å². The lowest BCUT2D eigenvalue weighted by atomic mass is 10.4. The van der Waals surface area contributed by atoms with Crippen LogP contribution in [-0.2, 0) is 29.9 Å². The van der Waals surface area contributed by atoms with Gasteiger partial charge in [-0.1, -0.05) is 22.3 Å². The molecular formula is C9H6F7NO6S3. The lowest BCUT2D eigenvalue weighted by Gasteiger charge is -2.26. The Kier molecular flexibility index (Phi) is 5.48. The van der Waals surface area contributed by atoms with Crippen molar-refractivity contribution in [3.8, 4) is 0 Å². The maximum atomic E-state index is 13.8. The van der Waals surface area contributed by atoms with Crippen LogP contribution in [-0.4, -0.2) is 41.3 Å². The second kappa shape index (κ2) is 6.31. The topological polar surface area (TPSA) is 114 Å². The van der Waals surface area contributed by atoms with Crippen molar-refractivity contribution in [1.29, 1.82) is 0 Å². The Bertz CT molecular complexity index is 984. The summed E-state index contributed by atoms with van der Waals surface area (Å²) in [6, 6.07) is 3.46. The predicted octanol–water partition coefficient (Wildman–Crippen LogP) is 1.41. The van der Waals surface area contributed by atoms with Crippen LogP contribution < -0.4 is 4.13 Å². The van der Waals surface area contributed by atoms with E-state index in [4.69, 9.17) is 0 Å². The minimum absolute atomic E-state index is 0.381. The molecule has 0 saturated heterocycles. The summed E-state index contributed by atoms with van der Waals surface area (Å²) in [5.41, 5.74) is -6.45. The molecule has 1 rings (SSSR count). The maximum absolute atomic E-state index is 13.8. The van der Waals surface area contributed by atoms with Crippen molar-refractivity contribution in [3.05, 3.63) is 30.3 Å². The van der Waals surface area contributed by atoms with Gasteiger partial charge in [0.25, 0.3) is 19.9 Å². The maximum Gasteiger partial charge on any atom is 0.512 e. The van der Waals surface area contributed by atoms with E-state index in [2.05, 4.69) is 0 Å². The lowest BCUT2D eigenvalue weighted by Crippen LogP contribution is -2.57. The minimum atomic E-state index is -7.37. The Balaban J connectivity index is 3.52. The fourth-order valence-corrected chi connectivity index (χ4v) is 5.35. The molecule has 0 saturated carbocycles. The average Bonchev–Trinajstić information content (AvgIpc) is 2.45. The largest absolute Gasteiger partial charge is 0.512 e. The van der Waals surface area contributed by atoms with E-state index < -0.39 is 54.9 Å². The summed E-state index contributed by atoms with van der Waals surface area (Å²) >= 11 is 0. The quantitative estimate of drug-likeness (QED) is 0.652. The Hall–Kier alpha value is -1.46. The third-order valence-electron chi connectivity index (χ3n) is 2.59. The molecule has 7 nitrogen and oxygen atoms in total. The van der Waals surface area contributed by atoms with Crippen LogP contribution in [0.5, 0.6) is 0 Å². The molecule has 0 aliphatic rings. The molecule has 0 spiro atoms. The molecule has 0 heterocycles. The number of benzene rings is 1. The van der Waals surface area contributed by atoms with E-state index in [9.17, 15) is 56.0 Å². The van der Waals surface area contributed by atoms with Gasteiger partial charge in [-0.25, -0.2) is 25.3 Å². The zero-order valence-electron chi connectivity index (χ0n) is 11.7. The number of sulfonamides is 2. The number of hydrogen-bond donors (Lipinski definition) is 1. The first kappa shape index (κ1) is 22.6. The highest BCUT2D eigenvalue weighted by molar-refractivity contribution is 8.06. The molecule has 1 aromatic rings. The molecule has 17 heteroatoms. The van der Waals surface area contributed by atoms with Crippen molar-refractivity contribution in [2.24, 2.45) is 0 Å². The molecule has 0 aliphatic heterocycles. The molecule has 26 heavy (non-hydrogen) atoms. The van der Waals surface area contributed by atoms with E-state index in [1.54, 1.807) is 0 Å². The van der Waals surface area contributed by atoms with E-state index in [1.165, 1.54) is 0 Å². The molecule has 0 aliphatic carbocycles. The van der Waals surface area contributed by atoms with Crippen LogP contribution in [0.4, 0.5) is 30.7 Å². The van der Waals surface area contributed by atoms with E-state index in [1.807, 2.05) is 0 Å². The first-order chi connectivity index (χ1) is 11.3. The van der Waals surface area contributed by atoms with Crippen LogP contribution in [0.2, 0.25) is 0 Å². The average molecular weight is 453 g/mol. The number of sulfone groups is 1. The molecule has 0 atom stereocenters. The van der Waals surface area contributed by atoms with Crippen molar-refractivity contribution in [1.82, 2.24) is 4.13 Å². The molecule has 1 aromatic carbocycles. The van der Waals surface area contributed by atoms with Gasteiger partial charge in [0.15, 0.2) is 0 Å². The monoisotopic (exact) mass is 453 g/mol. The van der Waals surface area contributed by atoms with Crippen molar-refractivity contribution in [2.75, 3.05) is 0 Å². The molecule has 0 bridgehead atoms. The van der Waals surface area contributed by atoms with Gasteiger partial charge in [-0.15, -0.1) is 0 Å². The summed E-state index contributed by atoms with van der Waals surface area (Å²) in [6.07, 6.45) is 0. The Labute approximate surface area is 141 Å². The zero-order chi connectivity index (χ0) is 20.8. The normalized spacial score (nSPS) is 15.0. The van der Waals surface area contributed by atoms with Gasteiger partial charge >= 0.3 is 26.0 Å². The van der Waals surface area contributed by atoms with Crippen molar-refractivity contribution in [3.63, 3.8) is 0 Å². The number of halogens is 7. The number of hydrogen-bond acceptors (Lipinski definition) is 6. The smallest absolute Gasteiger partial charge is 0.217 e. The molecule has 1 N–H and O–H groups in total. The van der Waals surface area contributed by atoms with Gasteiger partial charge in [-0.2, -0.15) is 30.7 Å². The van der Waals surface area contributed by atoms with Crippen LogP contribution in [0.3, 0.4) is 0 Å². The Morgan fingerprint density at radius 3 is 1.46 bits per heavy atom. The second-order valence-electron chi connectivity index (χ2n) is 4.39.